The molecule has 0 aliphatic heterocycles. The lowest BCUT2D eigenvalue weighted by molar-refractivity contribution is -0.142. The van der Waals surface area contributed by atoms with Gasteiger partial charge in [-0.15, -0.1) is 0 Å². The standard InChI is InChI=1S/C15H27NO3/c1-11(14(18)19)10-16(4)13(17)9-12-5-7-15(2,3)8-6-12/h11-12H,5-10H2,1-4H3,(H,18,19). The van der Waals surface area contributed by atoms with E-state index in [2.05, 4.69) is 13.8 Å². The fraction of sp³-hybridized carbons (Fsp3) is 0.867. The Balaban J connectivity index is 2.37. The van der Waals surface area contributed by atoms with E-state index in [1.807, 2.05) is 0 Å². The van der Waals surface area contributed by atoms with Crippen molar-refractivity contribution >= 4 is 11.9 Å². The van der Waals surface area contributed by atoms with Crippen LogP contribution < -0.4 is 0 Å². The maximum atomic E-state index is 12.1. The molecule has 0 aromatic carbocycles. The van der Waals surface area contributed by atoms with Gasteiger partial charge in [-0.25, -0.2) is 0 Å². The lowest BCUT2D eigenvalue weighted by atomic mass is 9.72. The van der Waals surface area contributed by atoms with E-state index in [-0.39, 0.29) is 5.91 Å². The Morgan fingerprint density at radius 3 is 2.32 bits per heavy atom. The molecule has 0 saturated heterocycles. The van der Waals surface area contributed by atoms with Gasteiger partial charge in [-0.3, -0.25) is 9.59 Å². The molecule has 1 aliphatic carbocycles. The normalized spacial score (nSPS) is 20.8. The van der Waals surface area contributed by atoms with Crippen molar-refractivity contribution in [3.05, 3.63) is 0 Å². The van der Waals surface area contributed by atoms with Crippen molar-refractivity contribution in [1.82, 2.24) is 4.90 Å². The molecule has 110 valence electrons. The summed E-state index contributed by atoms with van der Waals surface area (Å²) in [4.78, 5) is 24.4. The van der Waals surface area contributed by atoms with Gasteiger partial charge >= 0.3 is 5.97 Å². The average molecular weight is 269 g/mol. The fourth-order valence-corrected chi connectivity index (χ4v) is 2.66. The molecule has 0 radical (unpaired) electrons. The summed E-state index contributed by atoms with van der Waals surface area (Å²) in [6, 6.07) is 0. The summed E-state index contributed by atoms with van der Waals surface area (Å²) in [6.07, 6.45) is 5.15. The van der Waals surface area contributed by atoms with Gasteiger partial charge < -0.3 is 10.0 Å². The van der Waals surface area contributed by atoms with E-state index in [0.717, 1.165) is 12.8 Å². The molecule has 1 rings (SSSR count). The summed E-state index contributed by atoms with van der Waals surface area (Å²) >= 11 is 0. The molecule has 1 amide bonds. The summed E-state index contributed by atoms with van der Waals surface area (Å²) in [6.45, 7) is 6.50. The van der Waals surface area contributed by atoms with E-state index in [1.165, 1.54) is 12.8 Å². The van der Waals surface area contributed by atoms with Gasteiger partial charge in [0.2, 0.25) is 5.91 Å². The van der Waals surface area contributed by atoms with Gasteiger partial charge in [-0.2, -0.15) is 0 Å². The van der Waals surface area contributed by atoms with Gasteiger partial charge in [0.05, 0.1) is 5.92 Å². The second-order valence-electron chi connectivity index (χ2n) is 6.83. The molecule has 1 saturated carbocycles. The summed E-state index contributed by atoms with van der Waals surface area (Å²) in [5.41, 5.74) is 0.420. The number of carbonyl (C=O) groups is 2. The molecule has 0 aromatic heterocycles. The van der Waals surface area contributed by atoms with E-state index in [4.69, 9.17) is 5.11 Å². The maximum absolute atomic E-state index is 12.1. The monoisotopic (exact) mass is 269 g/mol. The Morgan fingerprint density at radius 1 is 1.32 bits per heavy atom. The summed E-state index contributed by atoms with van der Waals surface area (Å²) in [7, 11) is 1.70. The van der Waals surface area contributed by atoms with Crippen LogP contribution >= 0.6 is 0 Å². The maximum Gasteiger partial charge on any atom is 0.308 e. The minimum Gasteiger partial charge on any atom is -0.481 e. The highest BCUT2D eigenvalue weighted by Gasteiger charge is 2.29. The number of carboxylic acids is 1. The van der Waals surface area contributed by atoms with Crippen molar-refractivity contribution in [2.45, 2.75) is 52.9 Å². The Morgan fingerprint density at radius 2 is 1.84 bits per heavy atom. The van der Waals surface area contributed by atoms with Gasteiger partial charge in [0.25, 0.3) is 0 Å². The highest BCUT2D eigenvalue weighted by molar-refractivity contribution is 5.77. The molecule has 0 bridgehead atoms. The molecular weight excluding hydrogens is 242 g/mol. The molecule has 4 heteroatoms. The van der Waals surface area contributed by atoms with Gasteiger partial charge in [0.15, 0.2) is 0 Å². The molecule has 19 heavy (non-hydrogen) atoms. The Labute approximate surface area is 116 Å². The third kappa shape index (κ3) is 5.21. The van der Waals surface area contributed by atoms with Gasteiger partial charge in [0, 0.05) is 20.0 Å². The van der Waals surface area contributed by atoms with Crippen LogP contribution in [0.2, 0.25) is 0 Å². The van der Waals surface area contributed by atoms with Crippen molar-refractivity contribution in [2.75, 3.05) is 13.6 Å². The second-order valence-corrected chi connectivity index (χ2v) is 6.83. The SMILES string of the molecule is CC(CN(C)C(=O)CC1CCC(C)(C)CC1)C(=O)O. The molecule has 4 nitrogen and oxygen atoms in total. The lowest BCUT2D eigenvalue weighted by Crippen LogP contribution is -2.35. The summed E-state index contributed by atoms with van der Waals surface area (Å²) in [5.74, 6) is -0.792. The molecular formula is C15H27NO3. The number of nitrogens with zero attached hydrogens (tertiary/aromatic N) is 1. The van der Waals surface area contributed by atoms with Crippen molar-refractivity contribution < 1.29 is 14.7 Å². The molecule has 0 spiro atoms. The van der Waals surface area contributed by atoms with Crippen molar-refractivity contribution in [2.24, 2.45) is 17.3 Å². The zero-order valence-corrected chi connectivity index (χ0v) is 12.6. The molecule has 0 aromatic rings. The number of hydrogen-bond donors (Lipinski definition) is 1. The summed E-state index contributed by atoms with van der Waals surface area (Å²) in [5, 5.41) is 8.85. The van der Waals surface area contributed by atoms with Crippen molar-refractivity contribution in [1.29, 1.82) is 0 Å². The Kier molecular flexibility index (Phi) is 5.39. The average Bonchev–Trinajstić information content (AvgIpc) is 2.31. The predicted molar refractivity (Wildman–Crippen MR) is 74.8 cm³/mol. The third-order valence-corrected chi connectivity index (χ3v) is 4.32. The molecule has 1 unspecified atom stereocenters. The van der Waals surface area contributed by atoms with Crippen LogP contribution in [0.5, 0.6) is 0 Å². The smallest absolute Gasteiger partial charge is 0.308 e. The van der Waals surface area contributed by atoms with Crippen LogP contribution in [0.1, 0.15) is 52.9 Å². The molecule has 0 heterocycles. The van der Waals surface area contributed by atoms with Crippen LogP contribution in [0.15, 0.2) is 0 Å². The topological polar surface area (TPSA) is 57.6 Å². The third-order valence-electron chi connectivity index (χ3n) is 4.32. The molecule has 1 aliphatic rings. The largest absolute Gasteiger partial charge is 0.481 e. The van der Waals surface area contributed by atoms with Crippen LogP contribution in [0.4, 0.5) is 0 Å². The minimum absolute atomic E-state index is 0.0813. The zero-order valence-electron chi connectivity index (χ0n) is 12.6. The quantitative estimate of drug-likeness (QED) is 0.835. The number of carbonyl (C=O) groups excluding carboxylic acids is 1. The van der Waals surface area contributed by atoms with Crippen LogP contribution in [-0.2, 0) is 9.59 Å². The fourth-order valence-electron chi connectivity index (χ4n) is 2.66. The minimum atomic E-state index is -0.848. The highest BCUT2D eigenvalue weighted by atomic mass is 16.4. The van der Waals surface area contributed by atoms with E-state index in [1.54, 1.807) is 18.9 Å². The first-order valence-electron chi connectivity index (χ1n) is 7.18. The van der Waals surface area contributed by atoms with Gasteiger partial charge in [0.1, 0.15) is 0 Å². The van der Waals surface area contributed by atoms with Crippen LogP contribution in [0.3, 0.4) is 0 Å². The van der Waals surface area contributed by atoms with Crippen LogP contribution in [0.25, 0.3) is 0 Å². The van der Waals surface area contributed by atoms with Gasteiger partial charge in [-0.05, 0) is 37.0 Å². The first kappa shape index (κ1) is 16.0. The lowest BCUT2D eigenvalue weighted by Gasteiger charge is -2.34. The van der Waals surface area contributed by atoms with Crippen molar-refractivity contribution in [3.63, 3.8) is 0 Å². The zero-order chi connectivity index (χ0) is 14.6. The molecule has 1 fully saturated rings. The second kappa shape index (κ2) is 6.40. The first-order valence-corrected chi connectivity index (χ1v) is 7.18. The highest BCUT2D eigenvalue weighted by Crippen LogP contribution is 2.39. The van der Waals surface area contributed by atoms with Crippen LogP contribution in [-0.4, -0.2) is 35.5 Å². The van der Waals surface area contributed by atoms with Gasteiger partial charge in [-0.1, -0.05) is 20.8 Å². The van der Waals surface area contributed by atoms with E-state index in [0.29, 0.717) is 24.3 Å². The number of carboxylic acid groups (broad SMARTS) is 1. The molecule has 1 N–H and O–H groups in total. The van der Waals surface area contributed by atoms with E-state index >= 15 is 0 Å². The number of rotatable bonds is 5. The molecule has 1 atom stereocenters. The Hall–Kier alpha value is -1.06. The van der Waals surface area contributed by atoms with Crippen LogP contribution in [0, 0.1) is 17.3 Å². The summed E-state index contributed by atoms with van der Waals surface area (Å²) < 4.78 is 0. The number of amides is 1. The first-order chi connectivity index (χ1) is 8.71. The van der Waals surface area contributed by atoms with E-state index < -0.39 is 11.9 Å². The van der Waals surface area contributed by atoms with Crippen molar-refractivity contribution in [3.8, 4) is 0 Å². The predicted octanol–water partition coefficient (Wildman–Crippen LogP) is 2.77. The number of aliphatic carboxylic acids is 1. The van der Waals surface area contributed by atoms with E-state index in [9.17, 15) is 9.59 Å². The Bertz CT molecular complexity index is 328. The number of hydrogen-bond acceptors (Lipinski definition) is 2.